The second-order valence-electron chi connectivity index (χ2n) is 5.21. The maximum atomic E-state index is 11.8. The summed E-state index contributed by atoms with van der Waals surface area (Å²) >= 11 is 0. The van der Waals surface area contributed by atoms with Gasteiger partial charge in [0.25, 0.3) is 0 Å². The molecule has 2 atom stereocenters. The molecule has 0 spiro atoms. The van der Waals surface area contributed by atoms with E-state index < -0.39 is 0 Å². The van der Waals surface area contributed by atoms with Crippen LogP contribution in [0.25, 0.3) is 0 Å². The first kappa shape index (κ1) is 16.5. The Kier molecular flexibility index (Phi) is 7.73. The highest BCUT2D eigenvalue weighted by atomic mass is 16.3. The zero-order valence-electron chi connectivity index (χ0n) is 12.4. The Morgan fingerprint density at radius 3 is 2.55 bits per heavy atom. The fourth-order valence-corrected chi connectivity index (χ4v) is 2.10. The summed E-state index contributed by atoms with van der Waals surface area (Å²) in [5.74, 6) is 0. The van der Waals surface area contributed by atoms with Crippen LogP contribution >= 0.6 is 0 Å². The lowest BCUT2D eigenvalue weighted by Gasteiger charge is -2.19. The van der Waals surface area contributed by atoms with Crippen molar-refractivity contribution in [3.8, 4) is 0 Å². The topological polar surface area (TPSA) is 61.4 Å². The first-order chi connectivity index (χ1) is 9.61. The number of carbonyl (C=O) groups is 1. The number of nitrogens with one attached hydrogen (secondary N) is 2. The Hall–Kier alpha value is -1.55. The van der Waals surface area contributed by atoms with Crippen molar-refractivity contribution in [2.45, 2.75) is 51.7 Å². The quantitative estimate of drug-likeness (QED) is 0.684. The van der Waals surface area contributed by atoms with Gasteiger partial charge in [-0.15, -0.1) is 0 Å². The molecule has 0 fully saturated rings. The molecule has 20 heavy (non-hydrogen) atoms. The normalized spacial score (nSPS) is 13.6. The van der Waals surface area contributed by atoms with Crippen LogP contribution < -0.4 is 10.6 Å². The van der Waals surface area contributed by atoms with Gasteiger partial charge < -0.3 is 15.7 Å². The molecular formula is C16H26N2O2. The van der Waals surface area contributed by atoms with Crippen molar-refractivity contribution in [1.82, 2.24) is 10.6 Å². The molecule has 0 aromatic heterocycles. The third kappa shape index (κ3) is 7.14. The third-order valence-electron chi connectivity index (χ3n) is 3.14. The minimum absolute atomic E-state index is 0.147. The van der Waals surface area contributed by atoms with Crippen LogP contribution in [0.5, 0.6) is 0 Å². The maximum Gasteiger partial charge on any atom is 0.315 e. The van der Waals surface area contributed by atoms with E-state index in [-0.39, 0.29) is 18.2 Å². The van der Waals surface area contributed by atoms with Crippen LogP contribution in [0.4, 0.5) is 4.79 Å². The summed E-state index contributed by atoms with van der Waals surface area (Å²) in [6.07, 6.45) is 3.03. The van der Waals surface area contributed by atoms with E-state index in [9.17, 15) is 4.79 Å². The average molecular weight is 278 g/mol. The molecule has 0 aliphatic carbocycles. The molecule has 0 bridgehead atoms. The van der Waals surface area contributed by atoms with Crippen molar-refractivity contribution < 1.29 is 9.90 Å². The van der Waals surface area contributed by atoms with E-state index in [4.69, 9.17) is 5.11 Å². The van der Waals surface area contributed by atoms with Crippen LogP contribution in [0.3, 0.4) is 0 Å². The Labute approximate surface area is 121 Å². The molecule has 0 saturated heterocycles. The molecule has 0 saturated carbocycles. The first-order valence-corrected chi connectivity index (χ1v) is 7.38. The minimum atomic E-state index is -0.383. The lowest BCUT2D eigenvalue weighted by atomic mass is 10.0. The maximum absolute atomic E-state index is 11.8. The number of hydrogen-bond donors (Lipinski definition) is 3. The van der Waals surface area contributed by atoms with Crippen LogP contribution in [0.2, 0.25) is 0 Å². The molecular weight excluding hydrogens is 252 g/mol. The predicted molar refractivity (Wildman–Crippen MR) is 81.7 cm³/mol. The molecule has 0 radical (unpaired) electrons. The van der Waals surface area contributed by atoms with Gasteiger partial charge in [-0.3, -0.25) is 0 Å². The largest absolute Gasteiger partial charge is 0.393 e. The Balaban J connectivity index is 2.40. The fraction of sp³-hybridized carbons (Fsp3) is 0.562. The minimum Gasteiger partial charge on any atom is -0.393 e. The van der Waals surface area contributed by atoms with Gasteiger partial charge in [-0.05, 0) is 31.7 Å². The zero-order chi connectivity index (χ0) is 14.8. The summed E-state index contributed by atoms with van der Waals surface area (Å²) < 4.78 is 0. The van der Waals surface area contributed by atoms with E-state index in [2.05, 4.69) is 29.7 Å². The molecule has 0 aliphatic heterocycles. The van der Waals surface area contributed by atoms with Gasteiger partial charge in [0, 0.05) is 12.6 Å². The van der Waals surface area contributed by atoms with Crippen LogP contribution in [0, 0.1) is 0 Å². The highest BCUT2D eigenvalue weighted by Crippen LogP contribution is 2.07. The Morgan fingerprint density at radius 1 is 1.25 bits per heavy atom. The SMILES string of the molecule is CCCC(Cc1ccccc1)NC(=O)NCCC(C)O. The van der Waals surface area contributed by atoms with E-state index >= 15 is 0 Å². The number of aliphatic hydroxyl groups excluding tert-OH is 1. The number of aliphatic hydroxyl groups is 1. The van der Waals surface area contributed by atoms with E-state index in [1.54, 1.807) is 6.92 Å². The molecule has 4 heteroatoms. The van der Waals surface area contributed by atoms with E-state index in [0.717, 1.165) is 19.3 Å². The third-order valence-corrected chi connectivity index (χ3v) is 3.14. The number of rotatable bonds is 8. The molecule has 1 aromatic carbocycles. The Morgan fingerprint density at radius 2 is 1.95 bits per heavy atom. The van der Waals surface area contributed by atoms with Gasteiger partial charge in [-0.1, -0.05) is 43.7 Å². The van der Waals surface area contributed by atoms with Crippen LogP contribution in [-0.2, 0) is 6.42 Å². The summed E-state index contributed by atoms with van der Waals surface area (Å²) in [6.45, 7) is 4.33. The summed E-state index contributed by atoms with van der Waals surface area (Å²) in [5, 5.41) is 14.9. The van der Waals surface area contributed by atoms with Crippen molar-refractivity contribution >= 4 is 6.03 Å². The summed E-state index contributed by atoms with van der Waals surface area (Å²) in [4.78, 5) is 11.8. The van der Waals surface area contributed by atoms with Crippen molar-refractivity contribution in [3.63, 3.8) is 0 Å². The van der Waals surface area contributed by atoms with Gasteiger partial charge in [0.1, 0.15) is 0 Å². The number of benzene rings is 1. The van der Waals surface area contributed by atoms with Gasteiger partial charge in [0.05, 0.1) is 6.10 Å². The summed E-state index contributed by atoms with van der Waals surface area (Å²) in [5.41, 5.74) is 1.23. The number of hydrogen-bond acceptors (Lipinski definition) is 2. The lowest BCUT2D eigenvalue weighted by Crippen LogP contribution is -2.43. The van der Waals surface area contributed by atoms with Crippen LogP contribution in [-0.4, -0.2) is 29.8 Å². The number of carbonyl (C=O) groups excluding carboxylic acids is 1. The molecule has 1 aromatic rings. The molecule has 112 valence electrons. The monoisotopic (exact) mass is 278 g/mol. The average Bonchev–Trinajstić information content (AvgIpc) is 2.39. The second-order valence-corrected chi connectivity index (χ2v) is 5.21. The number of urea groups is 1. The van der Waals surface area contributed by atoms with Gasteiger partial charge in [0.15, 0.2) is 0 Å². The molecule has 4 nitrogen and oxygen atoms in total. The van der Waals surface area contributed by atoms with Crippen molar-refractivity contribution in [3.05, 3.63) is 35.9 Å². The molecule has 2 unspecified atom stereocenters. The standard InChI is InChI=1S/C16H26N2O2/c1-3-7-15(12-14-8-5-4-6-9-14)18-16(20)17-11-10-13(2)19/h4-6,8-9,13,15,19H,3,7,10-12H2,1-2H3,(H2,17,18,20). The highest BCUT2D eigenvalue weighted by molar-refractivity contribution is 5.74. The Bertz CT molecular complexity index is 379. The molecule has 0 heterocycles. The van der Waals surface area contributed by atoms with Crippen molar-refractivity contribution in [1.29, 1.82) is 0 Å². The van der Waals surface area contributed by atoms with Gasteiger partial charge >= 0.3 is 6.03 Å². The zero-order valence-corrected chi connectivity index (χ0v) is 12.4. The predicted octanol–water partition coefficient (Wildman–Crippen LogP) is 2.47. The van der Waals surface area contributed by atoms with Gasteiger partial charge in [-0.25, -0.2) is 4.79 Å². The second kappa shape index (κ2) is 9.37. The smallest absolute Gasteiger partial charge is 0.315 e. The summed E-state index contributed by atoms with van der Waals surface area (Å²) in [6, 6.07) is 10.2. The summed E-state index contributed by atoms with van der Waals surface area (Å²) in [7, 11) is 0. The molecule has 3 N–H and O–H groups in total. The van der Waals surface area contributed by atoms with Gasteiger partial charge in [0.2, 0.25) is 0 Å². The fourth-order valence-electron chi connectivity index (χ4n) is 2.10. The number of amides is 2. The van der Waals surface area contributed by atoms with Crippen molar-refractivity contribution in [2.75, 3.05) is 6.54 Å². The van der Waals surface area contributed by atoms with E-state index in [0.29, 0.717) is 13.0 Å². The van der Waals surface area contributed by atoms with Crippen LogP contribution in [0.1, 0.15) is 38.7 Å². The molecule has 2 amide bonds. The van der Waals surface area contributed by atoms with Crippen molar-refractivity contribution in [2.24, 2.45) is 0 Å². The molecule has 1 rings (SSSR count). The van der Waals surface area contributed by atoms with Crippen LogP contribution in [0.15, 0.2) is 30.3 Å². The van der Waals surface area contributed by atoms with E-state index in [1.807, 2.05) is 18.2 Å². The lowest BCUT2D eigenvalue weighted by molar-refractivity contribution is 0.183. The van der Waals surface area contributed by atoms with Gasteiger partial charge in [-0.2, -0.15) is 0 Å². The molecule has 0 aliphatic rings. The van der Waals surface area contributed by atoms with E-state index in [1.165, 1.54) is 5.56 Å². The highest BCUT2D eigenvalue weighted by Gasteiger charge is 2.12. The first-order valence-electron chi connectivity index (χ1n) is 7.38.